The minimum atomic E-state index is -0.103. The number of methoxy groups -OCH3 is 3. The van der Waals surface area contributed by atoms with Gasteiger partial charge in [-0.3, -0.25) is 4.79 Å². The molecule has 0 aromatic heterocycles. The highest BCUT2D eigenvalue weighted by Crippen LogP contribution is 2.44. The van der Waals surface area contributed by atoms with E-state index in [0.717, 1.165) is 24.0 Å². The molecule has 2 unspecified atom stereocenters. The molecule has 2 heterocycles. The normalized spacial score (nSPS) is 24.4. The monoisotopic (exact) mass is 277 g/mol. The average Bonchev–Trinajstić information content (AvgIpc) is 2.90. The van der Waals surface area contributed by atoms with Gasteiger partial charge in [-0.15, -0.1) is 0 Å². The van der Waals surface area contributed by atoms with E-state index in [1.165, 1.54) is 0 Å². The molecule has 5 heteroatoms. The number of amides is 1. The largest absolute Gasteiger partial charge is 0.493 e. The van der Waals surface area contributed by atoms with E-state index in [1.807, 2.05) is 17.0 Å². The first-order valence-electron chi connectivity index (χ1n) is 6.78. The number of benzene rings is 1. The Morgan fingerprint density at radius 3 is 2.45 bits per heavy atom. The van der Waals surface area contributed by atoms with E-state index in [4.69, 9.17) is 14.2 Å². The van der Waals surface area contributed by atoms with Crippen molar-refractivity contribution in [2.24, 2.45) is 0 Å². The van der Waals surface area contributed by atoms with Gasteiger partial charge in [0.05, 0.1) is 26.7 Å². The fourth-order valence-corrected chi connectivity index (χ4v) is 3.30. The lowest BCUT2D eigenvalue weighted by Gasteiger charge is -2.35. The molecular formula is C15H19NO4. The maximum Gasteiger partial charge on any atom is 0.229 e. The number of ether oxygens (including phenoxy) is 3. The molecule has 5 nitrogen and oxygen atoms in total. The number of rotatable bonds is 3. The van der Waals surface area contributed by atoms with Crippen molar-refractivity contribution < 1.29 is 19.0 Å². The van der Waals surface area contributed by atoms with Gasteiger partial charge in [0, 0.05) is 7.11 Å². The number of carbonyl (C=O) groups excluding carboxylic acids is 1. The van der Waals surface area contributed by atoms with Gasteiger partial charge in [0.1, 0.15) is 6.23 Å². The van der Waals surface area contributed by atoms with Crippen molar-refractivity contribution in [2.75, 3.05) is 21.3 Å². The van der Waals surface area contributed by atoms with Crippen molar-refractivity contribution >= 4 is 5.91 Å². The van der Waals surface area contributed by atoms with Gasteiger partial charge < -0.3 is 19.1 Å². The summed E-state index contributed by atoms with van der Waals surface area (Å²) in [5.74, 6) is 1.51. The highest BCUT2D eigenvalue weighted by Gasteiger charge is 2.42. The predicted octanol–water partition coefficient (Wildman–Crippen LogP) is 1.90. The summed E-state index contributed by atoms with van der Waals surface area (Å²) < 4.78 is 16.1. The minimum Gasteiger partial charge on any atom is -0.493 e. The molecule has 1 fully saturated rings. The molecule has 108 valence electrons. The Kier molecular flexibility index (Phi) is 3.30. The van der Waals surface area contributed by atoms with Crippen LogP contribution >= 0.6 is 0 Å². The van der Waals surface area contributed by atoms with Crippen LogP contribution < -0.4 is 9.47 Å². The van der Waals surface area contributed by atoms with Gasteiger partial charge in [-0.05, 0) is 36.1 Å². The summed E-state index contributed by atoms with van der Waals surface area (Å²) in [6.45, 7) is 0. The Balaban J connectivity index is 2.06. The number of hydrogen-bond donors (Lipinski definition) is 0. The zero-order valence-electron chi connectivity index (χ0n) is 12.0. The standard InChI is InChI=1S/C15H19NO4/c1-18-12-6-9-7-14(17)16-11(4-5-15(16)20-3)10(9)8-13(12)19-2/h6,8,11,15H,4-5,7H2,1-3H3. The lowest BCUT2D eigenvalue weighted by atomic mass is 9.92. The molecule has 0 saturated carbocycles. The van der Waals surface area contributed by atoms with Gasteiger partial charge in [-0.2, -0.15) is 0 Å². The first-order valence-corrected chi connectivity index (χ1v) is 6.78. The van der Waals surface area contributed by atoms with Gasteiger partial charge in [0.15, 0.2) is 11.5 Å². The first-order chi connectivity index (χ1) is 9.69. The third kappa shape index (κ3) is 1.85. The summed E-state index contributed by atoms with van der Waals surface area (Å²) in [6, 6.07) is 4.01. The van der Waals surface area contributed by atoms with Crippen molar-refractivity contribution in [3.63, 3.8) is 0 Å². The molecule has 3 rings (SSSR count). The molecule has 0 N–H and O–H groups in total. The van der Waals surface area contributed by atoms with Crippen LogP contribution in [0.1, 0.15) is 30.0 Å². The second kappa shape index (κ2) is 4.98. The van der Waals surface area contributed by atoms with Crippen LogP contribution in [0.3, 0.4) is 0 Å². The van der Waals surface area contributed by atoms with Gasteiger partial charge in [-0.25, -0.2) is 0 Å². The molecule has 0 spiro atoms. The predicted molar refractivity (Wildman–Crippen MR) is 72.9 cm³/mol. The van der Waals surface area contributed by atoms with E-state index in [0.29, 0.717) is 17.9 Å². The Morgan fingerprint density at radius 2 is 1.80 bits per heavy atom. The van der Waals surface area contributed by atoms with Crippen LogP contribution in [-0.4, -0.2) is 38.4 Å². The molecule has 0 radical (unpaired) electrons. The molecule has 2 atom stereocenters. The van der Waals surface area contributed by atoms with Gasteiger partial charge in [0.2, 0.25) is 5.91 Å². The Morgan fingerprint density at radius 1 is 1.10 bits per heavy atom. The summed E-state index contributed by atoms with van der Waals surface area (Å²) in [5.41, 5.74) is 2.19. The zero-order valence-corrected chi connectivity index (χ0v) is 12.0. The highest BCUT2D eigenvalue weighted by molar-refractivity contribution is 5.82. The molecule has 1 aromatic rings. The van der Waals surface area contributed by atoms with Gasteiger partial charge >= 0.3 is 0 Å². The molecule has 1 amide bonds. The van der Waals surface area contributed by atoms with Gasteiger partial charge in [-0.1, -0.05) is 0 Å². The molecular weight excluding hydrogens is 258 g/mol. The summed E-state index contributed by atoms with van der Waals surface area (Å²) in [5, 5.41) is 0. The molecule has 20 heavy (non-hydrogen) atoms. The van der Waals surface area contributed by atoms with E-state index in [1.54, 1.807) is 21.3 Å². The maximum atomic E-state index is 12.3. The second-order valence-electron chi connectivity index (χ2n) is 5.17. The SMILES string of the molecule is COc1cc2c(cc1OC)C1CCC(OC)N1C(=O)C2. The maximum absolute atomic E-state index is 12.3. The topological polar surface area (TPSA) is 48.0 Å². The molecule has 1 aromatic carbocycles. The highest BCUT2D eigenvalue weighted by atomic mass is 16.5. The van der Waals surface area contributed by atoms with Crippen molar-refractivity contribution in [1.82, 2.24) is 4.90 Å². The van der Waals surface area contributed by atoms with Gasteiger partial charge in [0.25, 0.3) is 0 Å². The third-order valence-electron chi connectivity index (χ3n) is 4.24. The second-order valence-corrected chi connectivity index (χ2v) is 5.17. The summed E-state index contributed by atoms with van der Waals surface area (Å²) in [6.07, 6.45) is 2.09. The Bertz CT molecular complexity index is 543. The smallest absolute Gasteiger partial charge is 0.229 e. The van der Waals surface area contributed by atoms with Crippen LogP contribution in [0, 0.1) is 0 Å². The quantitative estimate of drug-likeness (QED) is 0.846. The number of carbonyl (C=O) groups is 1. The fourth-order valence-electron chi connectivity index (χ4n) is 3.30. The number of nitrogens with zero attached hydrogens (tertiary/aromatic N) is 1. The van der Waals surface area contributed by atoms with E-state index >= 15 is 0 Å². The van der Waals surface area contributed by atoms with Crippen LogP contribution in [0.4, 0.5) is 0 Å². The van der Waals surface area contributed by atoms with Crippen molar-refractivity contribution in [3.8, 4) is 11.5 Å². The fraction of sp³-hybridized carbons (Fsp3) is 0.533. The van der Waals surface area contributed by atoms with E-state index < -0.39 is 0 Å². The Hall–Kier alpha value is -1.75. The molecule has 1 saturated heterocycles. The van der Waals surface area contributed by atoms with E-state index in [9.17, 15) is 4.79 Å². The van der Waals surface area contributed by atoms with Crippen LogP contribution in [0.2, 0.25) is 0 Å². The third-order valence-corrected chi connectivity index (χ3v) is 4.24. The van der Waals surface area contributed by atoms with Crippen molar-refractivity contribution in [3.05, 3.63) is 23.3 Å². The Labute approximate surface area is 118 Å². The molecule has 0 aliphatic carbocycles. The zero-order chi connectivity index (χ0) is 14.3. The van der Waals surface area contributed by atoms with Crippen LogP contribution in [0.25, 0.3) is 0 Å². The van der Waals surface area contributed by atoms with Crippen LogP contribution in [0.5, 0.6) is 11.5 Å². The summed E-state index contributed by atoms with van der Waals surface area (Å²) in [4.78, 5) is 14.2. The van der Waals surface area contributed by atoms with Crippen molar-refractivity contribution in [2.45, 2.75) is 31.5 Å². The number of hydrogen-bond acceptors (Lipinski definition) is 4. The number of fused-ring (bicyclic) bond motifs is 3. The van der Waals surface area contributed by atoms with Crippen LogP contribution in [0.15, 0.2) is 12.1 Å². The summed E-state index contributed by atoms with van der Waals surface area (Å²) in [7, 11) is 4.89. The lowest BCUT2D eigenvalue weighted by molar-refractivity contribution is -0.143. The molecule has 2 aliphatic rings. The molecule has 2 aliphatic heterocycles. The molecule has 0 bridgehead atoms. The minimum absolute atomic E-state index is 0.0935. The van der Waals surface area contributed by atoms with E-state index in [-0.39, 0.29) is 18.2 Å². The summed E-state index contributed by atoms with van der Waals surface area (Å²) >= 11 is 0. The average molecular weight is 277 g/mol. The lowest BCUT2D eigenvalue weighted by Crippen LogP contribution is -2.42. The van der Waals surface area contributed by atoms with Crippen molar-refractivity contribution in [1.29, 1.82) is 0 Å². The van der Waals surface area contributed by atoms with E-state index in [2.05, 4.69) is 0 Å². The van der Waals surface area contributed by atoms with Crippen LogP contribution in [-0.2, 0) is 16.0 Å². The first kappa shape index (κ1) is 13.2.